The van der Waals surface area contributed by atoms with E-state index >= 15 is 0 Å². The Balaban J connectivity index is 1.72. The normalized spacial score (nSPS) is 10.6. The Hall–Kier alpha value is -2.64. The first kappa shape index (κ1) is 24.6. The van der Waals surface area contributed by atoms with Crippen molar-refractivity contribution in [3.8, 4) is 5.75 Å². The molecule has 0 saturated heterocycles. The third-order valence-corrected chi connectivity index (χ3v) is 5.31. The fraction of sp³-hybridized carbons (Fsp3) is 0.417. The Morgan fingerprint density at radius 1 is 1.03 bits per heavy atom. The van der Waals surface area contributed by atoms with Gasteiger partial charge in [-0.05, 0) is 81.4 Å². The van der Waals surface area contributed by atoms with Crippen LogP contribution in [-0.2, 0) is 6.61 Å². The van der Waals surface area contributed by atoms with E-state index in [0.29, 0.717) is 17.3 Å². The van der Waals surface area contributed by atoms with E-state index in [2.05, 4.69) is 47.9 Å². The fourth-order valence-electron chi connectivity index (χ4n) is 3.15. The van der Waals surface area contributed by atoms with Crippen molar-refractivity contribution in [1.82, 2.24) is 21.1 Å². The second-order valence-electron chi connectivity index (χ2n) is 7.47. The number of nitrogens with one attached hydrogen (secondary N) is 3. The summed E-state index contributed by atoms with van der Waals surface area (Å²) in [6, 6.07) is 13.5. The van der Waals surface area contributed by atoms with Gasteiger partial charge in [0.2, 0.25) is 0 Å². The Bertz CT molecular complexity index is 851. The van der Waals surface area contributed by atoms with Gasteiger partial charge in [-0.3, -0.25) is 15.6 Å². The van der Waals surface area contributed by atoms with E-state index in [0.717, 1.165) is 49.5 Å². The molecular weight excluding hydrogens is 408 g/mol. The van der Waals surface area contributed by atoms with Gasteiger partial charge < -0.3 is 15.0 Å². The van der Waals surface area contributed by atoms with Gasteiger partial charge in [-0.15, -0.1) is 0 Å². The van der Waals surface area contributed by atoms with Crippen LogP contribution in [0, 0.1) is 13.8 Å². The summed E-state index contributed by atoms with van der Waals surface area (Å²) in [6.45, 7) is 12.7. The number of amides is 1. The summed E-state index contributed by atoms with van der Waals surface area (Å²) in [5.41, 5.74) is 9.24. The standard InChI is InChI=1S/C24H34N4O2S/c1-5-28(6-2)15-7-14-25-24(31)27-26-23(29)21-11-9-20(10-12-21)17-30-22-13-8-18(3)16-19(22)4/h8-13,16H,5-7,14-15,17H2,1-4H3,(H,26,29)(H2,25,27,31). The lowest BCUT2D eigenvalue weighted by Gasteiger charge is -2.18. The van der Waals surface area contributed by atoms with Gasteiger partial charge in [-0.1, -0.05) is 43.7 Å². The molecule has 2 rings (SSSR count). The zero-order valence-corrected chi connectivity index (χ0v) is 19.8. The monoisotopic (exact) mass is 442 g/mol. The van der Waals surface area contributed by atoms with Crippen LogP contribution >= 0.6 is 12.2 Å². The molecule has 2 aromatic rings. The van der Waals surface area contributed by atoms with Gasteiger partial charge in [0.05, 0.1) is 0 Å². The van der Waals surface area contributed by atoms with Gasteiger partial charge in [-0.2, -0.15) is 0 Å². The molecule has 0 spiro atoms. The van der Waals surface area contributed by atoms with Crippen molar-refractivity contribution in [3.05, 3.63) is 64.7 Å². The van der Waals surface area contributed by atoms with E-state index in [1.165, 1.54) is 5.56 Å². The largest absolute Gasteiger partial charge is 0.489 e. The number of hydrogen-bond acceptors (Lipinski definition) is 4. The van der Waals surface area contributed by atoms with Crippen molar-refractivity contribution < 1.29 is 9.53 Å². The number of carbonyl (C=O) groups is 1. The number of hydrogen-bond donors (Lipinski definition) is 3. The molecule has 0 atom stereocenters. The van der Waals surface area contributed by atoms with Crippen molar-refractivity contribution in [2.24, 2.45) is 0 Å². The topological polar surface area (TPSA) is 65.6 Å². The van der Waals surface area contributed by atoms with Gasteiger partial charge in [0.15, 0.2) is 5.11 Å². The molecule has 0 aliphatic heterocycles. The van der Waals surface area contributed by atoms with Crippen molar-refractivity contribution >= 4 is 23.2 Å². The Morgan fingerprint density at radius 3 is 2.39 bits per heavy atom. The molecule has 2 aromatic carbocycles. The third-order valence-electron chi connectivity index (χ3n) is 5.06. The summed E-state index contributed by atoms with van der Waals surface area (Å²) in [5, 5.41) is 3.51. The van der Waals surface area contributed by atoms with E-state index in [4.69, 9.17) is 17.0 Å². The van der Waals surface area contributed by atoms with E-state index in [1.54, 1.807) is 12.1 Å². The second-order valence-corrected chi connectivity index (χ2v) is 7.88. The fourth-order valence-corrected chi connectivity index (χ4v) is 3.30. The summed E-state index contributed by atoms with van der Waals surface area (Å²) in [6.07, 6.45) is 0.989. The number of thiocarbonyl (C=S) groups is 1. The quantitative estimate of drug-likeness (QED) is 0.296. The highest BCUT2D eigenvalue weighted by Gasteiger charge is 2.07. The Kier molecular flexibility index (Phi) is 10.3. The minimum Gasteiger partial charge on any atom is -0.489 e. The lowest BCUT2D eigenvalue weighted by atomic mass is 10.1. The minimum atomic E-state index is -0.242. The Labute approximate surface area is 191 Å². The molecule has 6 nitrogen and oxygen atoms in total. The zero-order chi connectivity index (χ0) is 22.6. The van der Waals surface area contributed by atoms with Gasteiger partial charge in [0.25, 0.3) is 5.91 Å². The predicted octanol–water partition coefficient (Wildman–Crippen LogP) is 3.72. The van der Waals surface area contributed by atoms with Crippen LogP contribution in [0.4, 0.5) is 0 Å². The summed E-state index contributed by atoms with van der Waals surface area (Å²) in [7, 11) is 0. The maximum absolute atomic E-state index is 12.3. The van der Waals surface area contributed by atoms with Gasteiger partial charge in [-0.25, -0.2) is 0 Å². The van der Waals surface area contributed by atoms with Crippen LogP contribution in [0.25, 0.3) is 0 Å². The van der Waals surface area contributed by atoms with Crippen LogP contribution in [0.2, 0.25) is 0 Å². The lowest BCUT2D eigenvalue weighted by molar-refractivity contribution is 0.0943. The average Bonchev–Trinajstić information content (AvgIpc) is 2.77. The highest BCUT2D eigenvalue weighted by atomic mass is 32.1. The number of benzene rings is 2. The first-order chi connectivity index (χ1) is 14.9. The molecule has 0 unspecified atom stereocenters. The van der Waals surface area contributed by atoms with Crippen LogP contribution < -0.4 is 20.9 Å². The minimum absolute atomic E-state index is 0.242. The molecule has 3 N–H and O–H groups in total. The van der Waals surface area contributed by atoms with Gasteiger partial charge >= 0.3 is 0 Å². The van der Waals surface area contributed by atoms with Crippen molar-refractivity contribution in [2.75, 3.05) is 26.2 Å². The average molecular weight is 443 g/mol. The van der Waals surface area contributed by atoms with E-state index in [1.807, 2.05) is 31.2 Å². The van der Waals surface area contributed by atoms with E-state index in [9.17, 15) is 4.79 Å². The van der Waals surface area contributed by atoms with E-state index in [-0.39, 0.29) is 5.91 Å². The molecule has 31 heavy (non-hydrogen) atoms. The molecule has 0 fully saturated rings. The van der Waals surface area contributed by atoms with Crippen molar-refractivity contribution in [1.29, 1.82) is 0 Å². The molecule has 0 radical (unpaired) electrons. The zero-order valence-electron chi connectivity index (χ0n) is 19.0. The highest BCUT2D eigenvalue weighted by molar-refractivity contribution is 7.80. The molecule has 168 valence electrons. The first-order valence-corrected chi connectivity index (χ1v) is 11.2. The number of carbonyl (C=O) groups excluding carboxylic acids is 1. The molecule has 1 amide bonds. The predicted molar refractivity (Wildman–Crippen MR) is 130 cm³/mol. The number of nitrogens with zero attached hydrogens (tertiary/aromatic N) is 1. The molecular formula is C24H34N4O2S. The maximum atomic E-state index is 12.3. The molecule has 0 saturated carbocycles. The molecule has 0 bridgehead atoms. The molecule has 0 aliphatic carbocycles. The number of rotatable bonds is 10. The number of aryl methyl sites for hydroxylation is 2. The van der Waals surface area contributed by atoms with Crippen LogP contribution in [-0.4, -0.2) is 42.1 Å². The summed E-state index contributed by atoms with van der Waals surface area (Å²) < 4.78 is 5.89. The maximum Gasteiger partial charge on any atom is 0.269 e. The molecule has 0 aliphatic rings. The number of hydrazine groups is 1. The lowest BCUT2D eigenvalue weighted by Crippen LogP contribution is -2.47. The van der Waals surface area contributed by atoms with Gasteiger partial charge in [0, 0.05) is 12.1 Å². The highest BCUT2D eigenvalue weighted by Crippen LogP contribution is 2.20. The first-order valence-electron chi connectivity index (χ1n) is 10.8. The van der Waals surface area contributed by atoms with Crippen LogP contribution in [0.5, 0.6) is 5.75 Å². The Morgan fingerprint density at radius 2 is 1.74 bits per heavy atom. The summed E-state index contributed by atoms with van der Waals surface area (Å²) in [4.78, 5) is 14.7. The van der Waals surface area contributed by atoms with Gasteiger partial charge in [0.1, 0.15) is 12.4 Å². The summed E-state index contributed by atoms with van der Waals surface area (Å²) >= 11 is 5.21. The SMILES string of the molecule is CCN(CC)CCCNC(=S)NNC(=O)c1ccc(COc2ccc(C)cc2C)cc1. The molecule has 0 aromatic heterocycles. The van der Waals surface area contributed by atoms with Crippen molar-refractivity contribution in [3.63, 3.8) is 0 Å². The van der Waals surface area contributed by atoms with E-state index < -0.39 is 0 Å². The van der Waals surface area contributed by atoms with Crippen LogP contribution in [0.15, 0.2) is 42.5 Å². The van der Waals surface area contributed by atoms with Crippen molar-refractivity contribution in [2.45, 2.75) is 40.7 Å². The van der Waals surface area contributed by atoms with Crippen LogP contribution in [0.3, 0.4) is 0 Å². The van der Waals surface area contributed by atoms with Crippen LogP contribution in [0.1, 0.15) is 47.3 Å². The third kappa shape index (κ3) is 8.55. The second kappa shape index (κ2) is 12.9. The molecule has 7 heteroatoms. The molecule has 0 heterocycles. The smallest absolute Gasteiger partial charge is 0.269 e. The summed E-state index contributed by atoms with van der Waals surface area (Å²) in [5.74, 6) is 0.629. The number of ether oxygens (including phenoxy) is 1.